The molecule has 3 aromatic carbocycles. The lowest BCUT2D eigenvalue weighted by molar-refractivity contribution is 0.102. The normalized spacial score (nSPS) is 11.2. The highest BCUT2D eigenvalue weighted by atomic mass is 32.2. The van der Waals surface area contributed by atoms with Gasteiger partial charge in [0.05, 0.1) is 16.8 Å². The second-order valence-electron chi connectivity index (χ2n) is 7.57. The Morgan fingerprint density at radius 2 is 1.66 bits per heavy atom. The summed E-state index contributed by atoms with van der Waals surface area (Å²) in [6.45, 7) is 4.19. The molecule has 0 atom stereocenters. The van der Waals surface area contributed by atoms with Gasteiger partial charge in [-0.1, -0.05) is 54.2 Å². The van der Waals surface area contributed by atoms with Crippen molar-refractivity contribution in [2.75, 3.05) is 5.75 Å². The number of rotatable bonds is 6. The number of hydrogen-bond donors (Lipinski definition) is 1. The van der Waals surface area contributed by atoms with Gasteiger partial charge in [0, 0.05) is 16.7 Å². The Labute approximate surface area is 189 Å². The lowest BCUT2D eigenvalue weighted by atomic mass is 10.1. The smallest absolute Gasteiger partial charge is 0.277 e. The zero-order valence-electron chi connectivity index (χ0n) is 17.6. The molecule has 2 aromatic heterocycles. The average Bonchev–Trinajstić information content (AvgIpc) is 3.46. The topological polar surface area (TPSA) is 84.7 Å². The van der Waals surface area contributed by atoms with Crippen LogP contribution in [0.15, 0.2) is 76.4 Å². The van der Waals surface area contributed by atoms with Crippen molar-refractivity contribution in [3.63, 3.8) is 0 Å². The Hall–Kier alpha value is -3.71. The number of Topliss-reactive ketones (excluding diaryl/α,β-unsaturated/α-hetero) is 1. The van der Waals surface area contributed by atoms with Gasteiger partial charge in [-0.3, -0.25) is 4.79 Å². The zero-order chi connectivity index (χ0) is 22.1. The van der Waals surface area contributed by atoms with Crippen LogP contribution >= 0.6 is 11.8 Å². The lowest BCUT2D eigenvalue weighted by Gasteiger charge is -1.99. The molecule has 32 heavy (non-hydrogen) atoms. The molecule has 0 spiro atoms. The fourth-order valence-corrected chi connectivity index (χ4v) is 4.05. The number of carbonyl (C=O) groups excluding carboxylic acids is 1. The van der Waals surface area contributed by atoms with Crippen LogP contribution in [0.4, 0.5) is 0 Å². The third kappa shape index (κ3) is 4.07. The first-order valence-corrected chi connectivity index (χ1v) is 11.2. The van der Waals surface area contributed by atoms with E-state index in [1.165, 1.54) is 22.9 Å². The maximum Gasteiger partial charge on any atom is 0.277 e. The predicted molar refractivity (Wildman–Crippen MR) is 126 cm³/mol. The van der Waals surface area contributed by atoms with Crippen molar-refractivity contribution >= 4 is 28.6 Å². The Morgan fingerprint density at radius 3 is 2.44 bits per heavy atom. The summed E-state index contributed by atoms with van der Waals surface area (Å²) in [4.78, 5) is 20.4. The maximum absolute atomic E-state index is 12.2. The van der Waals surface area contributed by atoms with E-state index in [0.29, 0.717) is 16.7 Å². The molecule has 158 valence electrons. The molecule has 2 heterocycles. The van der Waals surface area contributed by atoms with Crippen molar-refractivity contribution in [1.29, 1.82) is 0 Å². The molecule has 0 aliphatic carbocycles. The number of aromatic amines is 1. The molecule has 0 saturated heterocycles. The van der Waals surface area contributed by atoms with Gasteiger partial charge in [0.15, 0.2) is 5.78 Å². The van der Waals surface area contributed by atoms with Crippen LogP contribution in [0.25, 0.3) is 33.9 Å². The van der Waals surface area contributed by atoms with Gasteiger partial charge in [0.25, 0.3) is 5.22 Å². The lowest BCUT2D eigenvalue weighted by Crippen LogP contribution is -2.01. The quantitative estimate of drug-likeness (QED) is 0.262. The molecule has 0 bridgehead atoms. The molecule has 0 unspecified atom stereocenters. The molecule has 0 radical (unpaired) electrons. The minimum atomic E-state index is 0.0240. The number of nitrogens with zero attached hydrogens (tertiary/aromatic N) is 3. The second-order valence-corrected chi connectivity index (χ2v) is 8.49. The third-order valence-corrected chi connectivity index (χ3v) is 6.15. The minimum Gasteiger partial charge on any atom is -0.411 e. The van der Waals surface area contributed by atoms with E-state index < -0.39 is 0 Å². The van der Waals surface area contributed by atoms with E-state index in [4.69, 9.17) is 9.40 Å². The first-order valence-electron chi connectivity index (χ1n) is 10.2. The van der Waals surface area contributed by atoms with Crippen LogP contribution in [0.1, 0.15) is 21.5 Å². The van der Waals surface area contributed by atoms with E-state index in [9.17, 15) is 4.79 Å². The van der Waals surface area contributed by atoms with Crippen LogP contribution in [-0.4, -0.2) is 31.7 Å². The van der Waals surface area contributed by atoms with Crippen molar-refractivity contribution < 1.29 is 9.21 Å². The number of hydrogen-bond acceptors (Lipinski definition) is 6. The number of imidazole rings is 1. The van der Waals surface area contributed by atoms with Crippen LogP contribution in [0, 0.1) is 13.8 Å². The van der Waals surface area contributed by atoms with Gasteiger partial charge in [-0.2, -0.15) is 0 Å². The van der Waals surface area contributed by atoms with E-state index in [1.807, 2.05) is 42.5 Å². The van der Waals surface area contributed by atoms with Gasteiger partial charge < -0.3 is 9.40 Å². The number of aromatic nitrogens is 4. The van der Waals surface area contributed by atoms with Crippen LogP contribution in [0.2, 0.25) is 0 Å². The number of H-pyrrole nitrogens is 1. The summed E-state index contributed by atoms with van der Waals surface area (Å²) in [7, 11) is 0. The highest BCUT2D eigenvalue weighted by Gasteiger charge is 2.13. The Bertz CT molecular complexity index is 1370. The standard InChI is InChI=1S/C25H20N4O2S/c1-15-12-20-21(13-16(15)2)27-23(26-20)18-8-10-19(11-9-18)24-28-29-25(31-24)32-14-22(30)17-6-4-3-5-7-17/h3-13H,14H2,1-2H3,(H,26,27). The van der Waals surface area contributed by atoms with Crippen LogP contribution in [0.5, 0.6) is 0 Å². The number of benzene rings is 3. The van der Waals surface area contributed by atoms with Gasteiger partial charge in [-0.25, -0.2) is 4.98 Å². The SMILES string of the molecule is Cc1cc2nc(-c3ccc(-c4nnc(SCC(=O)c5ccccc5)o4)cc3)[nH]c2cc1C. The number of fused-ring (bicyclic) bond motifs is 1. The highest BCUT2D eigenvalue weighted by Crippen LogP contribution is 2.27. The summed E-state index contributed by atoms with van der Waals surface area (Å²) < 4.78 is 5.74. The van der Waals surface area contributed by atoms with Gasteiger partial charge >= 0.3 is 0 Å². The van der Waals surface area contributed by atoms with Crippen molar-refractivity contribution in [1.82, 2.24) is 20.2 Å². The van der Waals surface area contributed by atoms with Crippen molar-refractivity contribution in [3.8, 4) is 22.8 Å². The maximum atomic E-state index is 12.2. The molecule has 6 nitrogen and oxygen atoms in total. The Balaban J connectivity index is 1.29. The summed E-state index contributed by atoms with van der Waals surface area (Å²) in [5.74, 6) is 1.51. The number of nitrogens with one attached hydrogen (secondary N) is 1. The van der Waals surface area contributed by atoms with E-state index in [2.05, 4.69) is 41.2 Å². The monoisotopic (exact) mass is 440 g/mol. The average molecular weight is 441 g/mol. The number of thioether (sulfide) groups is 1. The molecule has 0 aliphatic heterocycles. The van der Waals surface area contributed by atoms with E-state index in [1.54, 1.807) is 12.1 Å². The number of ketones is 1. The molecule has 7 heteroatoms. The van der Waals surface area contributed by atoms with E-state index in [0.717, 1.165) is 28.0 Å². The predicted octanol–water partition coefficient (Wildman–Crippen LogP) is 5.87. The molecule has 0 amide bonds. The Kier molecular flexibility index (Phi) is 5.33. The molecule has 1 N–H and O–H groups in total. The fraction of sp³-hybridized carbons (Fsp3) is 0.120. The Morgan fingerprint density at radius 1 is 0.938 bits per heavy atom. The molecule has 0 aliphatic rings. The van der Waals surface area contributed by atoms with Crippen molar-refractivity contribution in [2.24, 2.45) is 0 Å². The van der Waals surface area contributed by atoms with E-state index in [-0.39, 0.29) is 11.5 Å². The summed E-state index contributed by atoms with van der Waals surface area (Å²) in [6, 6.07) is 21.2. The van der Waals surface area contributed by atoms with Crippen LogP contribution in [-0.2, 0) is 0 Å². The van der Waals surface area contributed by atoms with Gasteiger partial charge in [0.1, 0.15) is 5.82 Å². The van der Waals surface area contributed by atoms with Gasteiger partial charge in [-0.15, -0.1) is 10.2 Å². The van der Waals surface area contributed by atoms with Crippen molar-refractivity contribution in [3.05, 3.63) is 83.4 Å². The van der Waals surface area contributed by atoms with Crippen LogP contribution in [0.3, 0.4) is 0 Å². The molecule has 5 rings (SSSR count). The van der Waals surface area contributed by atoms with Crippen molar-refractivity contribution in [2.45, 2.75) is 19.1 Å². The second kappa shape index (κ2) is 8.43. The van der Waals surface area contributed by atoms with Crippen LogP contribution < -0.4 is 0 Å². The zero-order valence-corrected chi connectivity index (χ0v) is 18.4. The summed E-state index contributed by atoms with van der Waals surface area (Å²) in [5, 5.41) is 8.55. The molecule has 0 saturated carbocycles. The van der Waals surface area contributed by atoms with Gasteiger partial charge in [0.2, 0.25) is 5.89 Å². The minimum absolute atomic E-state index is 0.0240. The number of aryl methyl sites for hydroxylation is 2. The first-order chi connectivity index (χ1) is 15.6. The molecule has 0 fully saturated rings. The fourth-order valence-electron chi connectivity index (χ4n) is 3.40. The molecule has 5 aromatic rings. The highest BCUT2D eigenvalue weighted by molar-refractivity contribution is 7.99. The largest absolute Gasteiger partial charge is 0.411 e. The van der Waals surface area contributed by atoms with Gasteiger partial charge in [-0.05, 0) is 49.2 Å². The van der Waals surface area contributed by atoms with E-state index >= 15 is 0 Å². The number of carbonyl (C=O) groups is 1. The first kappa shape index (κ1) is 20.2. The third-order valence-electron chi connectivity index (χ3n) is 5.33. The summed E-state index contributed by atoms with van der Waals surface area (Å²) in [6.07, 6.45) is 0. The molecular formula is C25H20N4O2S. The summed E-state index contributed by atoms with van der Waals surface area (Å²) in [5.41, 5.74) is 6.89. The molecular weight excluding hydrogens is 420 g/mol. The summed E-state index contributed by atoms with van der Waals surface area (Å²) >= 11 is 1.24.